The number of non-ortho nitro benzene ring substituents is 1. The fourth-order valence-corrected chi connectivity index (χ4v) is 2.17. The van der Waals surface area contributed by atoms with Gasteiger partial charge in [0, 0.05) is 29.4 Å². The van der Waals surface area contributed by atoms with Gasteiger partial charge >= 0.3 is 0 Å². The van der Waals surface area contributed by atoms with Crippen LogP contribution >= 0.6 is 11.3 Å². The second kappa shape index (κ2) is 6.85. The second-order valence-corrected chi connectivity index (χ2v) is 5.08. The molecular formula is C13H15N3O3S. The van der Waals surface area contributed by atoms with Crippen LogP contribution in [-0.2, 0) is 6.54 Å². The Morgan fingerprint density at radius 2 is 2.30 bits per heavy atom. The first-order chi connectivity index (χ1) is 9.69. The fraction of sp³-hybridized carbons (Fsp3) is 0.308. The van der Waals surface area contributed by atoms with Crippen LogP contribution in [0.5, 0.6) is 5.75 Å². The van der Waals surface area contributed by atoms with Crippen molar-refractivity contribution >= 4 is 22.7 Å². The smallest absolute Gasteiger partial charge is 0.275 e. The number of nitro benzene ring substituents is 1. The molecule has 0 spiro atoms. The monoisotopic (exact) mass is 293 g/mol. The molecule has 0 aliphatic carbocycles. The van der Waals surface area contributed by atoms with Gasteiger partial charge in [-0.05, 0) is 6.42 Å². The number of ether oxygens (including phenoxy) is 1. The van der Waals surface area contributed by atoms with Crippen molar-refractivity contribution in [3.63, 3.8) is 0 Å². The highest BCUT2D eigenvalue weighted by molar-refractivity contribution is 7.09. The molecule has 7 heteroatoms. The largest absolute Gasteiger partial charge is 0.493 e. The SMILES string of the molecule is CCCOc1cc(NCc2nccs2)cc([N+](=O)[O-])c1. The minimum absolute atomic E-state index is 0.0141. The van der Waals surface area contributed by atoms with E-state index in [0.29, 0.717) is 24.6 Å². The zero-order chi connectivity index (χ0) is 14.4. The normalized spacial score (nSPS) is 10.2. The molecule has 0 fully saturated rings. The van der Waals surface area contributed by atoms with E-state index in [0.717, 1.165) is 11.4 Å². The van der Waals surface area contributed by atoms with Crippen molar-refractivity contribution in [2.24, 2.45) is 0 Å². The zero-order valence-electron chi connectivity index (χ0n) is 11.0. The van der Waals surface area contributed by atoms with Gasteiger partial charge in [0.15, 0.2) is 0 Å². The molecule has 6 nitrogen and oxygen atoms in total. The molecule has 0 aliphatic heterocycles. The molecule has 1 heterocycles. The van der Waals surface area contributed by atoms with E-state index >= 15 is 0 Å². The van der Waals surface area contributed by atoms with E-state index in [9.17, 15) is 10.1 Å². The molecule has 0 aliphatic rings. The Kier molecular flexibility index (Phi) is 4.89. The van der Waals surface area contributed by atoms with Crippen LogP contribution < -0.4 is 10.1 Å². The third-order valence-corrected chi connectivity index (χ3v) is 3.28. The standard InChI is InChI=1S/C13H15N3O3S/c1-2-4-19-12-7-10(6-11(8-12)16(17)18)15-9-13-14-3-5-20-13/h3,5-8,15H,2,4,9H2,1H3. The molecule has 20 heavy (non-hydrogen) atoms. The molecule has 1 aromatic carbocycles. The van der Waals surface area contributed by atoms with E-state index in [1.165, 1.54) is 23.5 Å². The van der Waals surface area contributed by atoms with Crippen LogP contribution in [0.3, 0.4) is 0 Å². The highest BCUT2D eigenvalue weighted by Crippen LogP contribution is 2.26. The van der Waals surface area contributed by atoms with Crippen molar-refractivity contribution in [1.29, 1.82) is 0 Å². The lowest BCUT2D eigenvalue weighted by molar-refractivity contribution is -0.384. The van der Waals surface area contributed by atoms with Crippen molar-refractivity contribution < 1.29 is 9.66 Å². The van der Waals surface area contributed by atoms with Gasteiger partial charge in [0.1, 0.15) is 10.8 Å². The van der Waals surface area contributed by atoms with Gasteiger partial charge in [-0.15, -0.1) is 11.3 Å². The van der Waals surface area contributed by atoms with Gasteiger partial charge in [0.25, 0.3) is 5.69 Å². The Balaban J connectivity index is 2.13. The summed E-state index contributed by atoms with van der Waals surface area (Å²) in [6, 6.07) is 4.69. The van der Waals surface area contributed by atoms with Crippen LogP contribution in [0.15, 0.2) is 29.8 Å². The molecule has 0 saturated heterocycles. The Labute approximate surface area is 120 Å². The maximum atomic E-state index is 10.9. The molecule has 1 N–H and O–H groups in total. The van der Waals surface area contributed by atoms with Crippen LogP contribution in [0.4, 0.5) is 11.4 Å². The van der Waals surface area contributed by atoms with Gasteiger partial charge in [-0.1, -0.05) is 6.92 Å². The van der Waals surface area contributed by atoms with Crippen molar-refractivity contribution in [1.82, 2.24) is 4.98 Å². The Morgan fingerprint density at radius 1 is 1.45 bits per heavy atom. The highest BCUT2D eigenvalue weighted by atomic mass is 32.1. The number of thiazole rings is 1. The molecule has 0 saturated carbocycles. The summed E-state index contributed by atoms with van der Waals surface area (Å²) in [6.07, 6.45) is 2.58. The van der Waals surface area contributed by atoms with Crippen molar-refractivity contribution in [2.75, 3.05) is 11.9 Å². The summed E-state index contributed by atoms with van der Waals surface area (Å²) in [5.74, 6) is 0.502. The number of rotatable bonds is 7. The lowest BCUT2D eigenvalue weighted by atomic mass is 10.2. The number of nitro groups is 1. The van der Waals surface area contributed by atoms with Crippen LogP contribution in [-0.4, -0.2) is 16.5 Å². The van der Waals surface area contributed by atoms with E-state index in [4.69, 9.17) is 4.74 Å². The minimum atomic E-state index is -0.423. The number of benzene rings is 1. The third-order valence-electron chi connectivity index (χ3n) is 2.50. The first-order valence-corrected chi connectivity index (χ1v) is 7.11. The van der Waals surface area contributed by atoms with E-state index in [-0.39, 0.29) is 5.69 Å². The van der Waals surface area contributed by atoms with Gasteiger partial charge < -0.3 is 10.1 Å². The molecule has 0 radical (unpaired) electrons. The Bertz CT molecular complexity index is 572. The number of hydrogen-bond donors (Lipinski definition) is 1. The molecule has 2 rings (SSSR count). The molecule has 0 atom stereocenters. The van der Waals surface area contributed by atoms with Crippen LogP contribution in [0.25, 0.3) is 0 Å². The van der Waals surface area contributed by atoms with E-state index in [1.807, 2.05) is 12.3 Å². The summed E-state index contributed by atoms with van der Waals surface area (Å²) in [7, 11) is 0. The van der Waals surface area contributed by atoms with Crippen molar-refractivity contribution in [3.05, 3.63) is 44.9 Å². The topological polar surface area (TPSA) is 77.3 Å². The molecule has 2 aromatic rings. The highest BCUT2D eigenvalue weighted by Gasteiger charge is 2.10. The summed E-state index contributed by atoms with van der Waals surface area (Å²) >= 11 is 1.53. The summed E-state index contributed by atoms with van der Waals surface area (Å²) in [5, 5.41) is 16.9. The molecule has 106 valence electrons. The van der Waals surface area contributed by atoms with Crippen molar-refractivity contribution in [3.8, 4) is 5.75 Å². The summed E-state index contributed by atoms with van der Waals surface area (Å²) in [6.45, 7) is 3.05. The van der Waals surface area contributed by atoms with Gasteiger partial charge in [-0.2, -0.15) is 0 Å². The quantitative estimate of drug-likeness (QED) is 0.625. The number of nitrogens with zero attached hydrogens (tertiary/aromatic N) is 2. The second-order valence-electron chi connectivity index (χ2n) is 4.10. The average Bonchev–Trinajstić information content (AvgIpc) is 2.96. The Hall–Kier alpha value is -2.15. The molecule has 1 aromatic heterocycles. The first kappa shape index (κ1) is 14.3. The predicted octanol–water partition coefficient (Wildman–Crippen LogP) is 3.45. The van der Waals surface area contributed by atoms with Gasteiger partial charge in [0.2, 0.25) is 0 Å². The molecule has 0 amide bonds. The summed E-state index contributed by atoms with van der Waals surface area (Å²) in [4.78, 5) is 14.7. The number of nitrogens with one attached hydrogen (secondary N) is 1. The van der Waals surface area contributed by atoms with Crippen LogP contribution in [0, 0.1) is 10.1 Å². The van der Waals surface area contributed by atoms with E-state index in [2.05, 4.69) is 10.3 Å². The van der Waals surface area contributed by atoms with E-state index < -0.39 is 4.92 Å². The first-order valence-electron chi connectivity index (χ1n) is 6.23. The average molecular weight is 293 g/mol. The predicted molar refractivity (Wildman–Crippen MR) is 78.3 cm³/mol. The molecular weight excluding hydrogens is 278 g/mol. The maximum absolute atomic E-state index is 10.9. The Morgan fingerprint density at radius 3 is 2.95 bits per heavy atom. The van der Waals surface area contributed by atoms with Gasteiger partial charge in [-0.3, -0.25) is 10.1 Å². The molecule has 0 bridgehead atoms. The van der Waals surface area contributed by atoms with Crippen LogP contribution in [0.2, 0.25) is 0 Å². The minimum Gasteiger partial charge on any atom is -0.493 e. The van der Waals surface area contributed by atoms with E-state index in [1.54, 1.807) is 12.3 Å². The number of aromatic nitrogens is 1. The van der Waals surface area contributed by atoms with Crippen LogP contribution in [0.1, 0.15) is 18.4 Å². The lowest BCUT2D eigenvalue weighted by Crippen LogP contribution is -2.02. The summed E-state index contributed by atoms with van der Waals surface area (Å²) in [5.41, 5.74) is 0.667. The fourth-order valence-electron chi connectivity index (χ4n) is 1.61. The molecule has 0 unspecified atom stereocenters. The number of anilines is 1. The third kappa shape index (κ3) is 3.92. The van der Waals surface area contributed by atoms with Crippen molar-refractivity contribution in [2.45, 2.75) is 19.9 Å². The summed E-state index contributed by atoms with van der Waals surface area (Å²) < 4.78 is 5.47. The van der Waals surface area contributed by atoms with Gasteiger partial charge in [-0.25, -0.2) is 4.98 Å². The zero-order valence-corrected chi connectivity index (χ0v) is 11.9. The lowest BCUT2D eigenvalue weighted by Gasteiger charge is -2.09. The van der Waals surface area contributed by atoms with Gasteiger partial charge in [0.05, 0.1) is 24.1 Å². The number of hydrogen-bond acceptors (Lipinski definition) is 6. The maximum Gasteiger partial charge on any atom is 0.275 e.